The van der Waals surface area contributed by atoms with Crippen molar-refractivity contribution in [1.82, 2.24) is 0 Å². The number of hydrogen-bond acceptors (Lipinski definition) is 8. The number of benzene rings is 1. The van der Waals surface area contributed by atoms with E-state index in [9.17, 15) is 29.7 Å². The Morgan fingerprint density at radius 1 is 1.20 bits per heavy atom. The minimum atomic E-state index is -1.62. The van der Waals surface area contributed by atoms with Crippen LogP contribution in [0.5, 0.6) is 5.75 Å². The van der Waals surface area contributed by atoms with Gasteiger partial charge in [0.05, 0.1) is 6.10 Å². The molecule has 0 aliphatic carbocycles. The van der Waals surface area contributed by atoms with E-state index >= 15 is 0 Å². The molecular formula is C21H25NO8. The number of rotatable bonds is 3. The molecule has 30 heavy (non-hydrogen) atoms. The molecule has 0 aromatic heterocycles. The molecule has 1 aromatic carbocycles. The molecule has 1 aromatic rings. The zero-order chi connectivity index (χ0) is 22.4. The maximum Gasteiger partial charge on any atom is 0.342 e. The van der Waals surface area contributed by atoms with Crippen molar-refractivity contribution < 1.29 is 39.5 Å². The van der Waals surface area contributed by atoms with Gasteiger partial charge in [0, 0.05) is 17.7 Å². The lowest BCUT2D eigenvalue weighted by Gasteiger charge is -2.20. The van der Waals surface area contributed by atoms with Crippen LogP contribution in [0, 0.1) is 5.92 Å². The first kappa shape index (κ1) is 23.1. The van der Waals surface area contributed by atoms with Gasteiger partial charge >= 0.3 is 11.9 Å². The van der Waals surface area contributed by atoms with Crippen LogP contribution in [0.25, 0.3) is 6.08 Å². The molecule has 0 fully saturated rings. The summed E-state index contributed by atoms with van der Waals surface area (Å²) in [6, 6.07) is 2.66. The predicted octanol–water partition coefficient (Wildman–Crippen LogP) is 1.33. The lowest BCUT2D eigenvalue weighted by atomic mass is 9.99. The molecule has 0 spiro atoms. The molecule has 1 heterocycles. The number of carboxylic acid groups (broad SMARTS) is 1. The first-order valence-electron chi connectivity index (χ1n) is 9.38. The fraction of sp³-hybridized carbons (Fsp3) is 0.381. The molecule has 0 amide bonds. The maximum absolute atomic E-state index is 12.7. The minimum Gasteiger partial charge on any atom is -0.507 e. The molecule has 4 atom stereocenters. The molecule has 1 unspecified atom stereocenters. The van der Waals surface area contributed by atoms with Gasteiger partial charge in [-0.15, -0.1) is 0 Å². The van der Waals surface area contributed by atoms with Crippen molar-refractivity contribution in [3.05, 3.63) is 41.5 Å². The van der Waals surface area contributed by atoms with E-state index < -0.39 is 48.3 Å². The average Bonchev–Trinajstić information content (AvgIpc) is 2.68. The number of esters is 1. The average molecular weight is 419 g/mol. The van der Waals surface area contributed by atoms with Crippen molar-refractivity contribution in [3.63, 3.8) is 0 Å². The Kier molecular flexibility index (Phi) is 7.73. The van der Waals surface area contributed by atoms with Crippen LogP contribution in [-0.2, 0) is 14.3 Å². The van der Waals surface area contributed by atoms with Crippen molar-refractivity contribution in [2.24, 2.45) is 5.92 Å². The summed E-state index contributed by atoms with van der Waals surface area (Å²) in [5.41, 5.74) is 0.346. The first-order chi connectivity index (χ1) is 14.1. The summed E-state index contributed by atoms with van der Waals surface area (Å²) in [5.74, 6) is -3.37. The van der Waals surface area contributed by atoms with E-state index in [1.54, 1.807) is 13.8 Å². The number of carboxylic acids is 1. The second-order valence-corrected chi connectivity index (χ2v) is 7.09. The van der Waals surface area contributed by atoms with E-state index in [1.165, 1.54) is 30.4 Å². The molecule has 1 aliphatic heterocycles. The normalized spacial score (nSPS) is 27.3. The number of nitrogens with one attached hydrogen (secondary N) is 1. The summed E-state index contributed by atoms with van der Waals surface area (Å²) in [5, 5.41) is 41.8. The van der Waals surface area contributed by atoms with Gasteiger partial charge in [-0.05, 0) is 31.1 Å². The van der Waals surface area contributed by atoms with Crippen LogP contribution < -0.4 is 5.32 Å². The van der Waals surface area contributed by atoms with Gasteiger partial charge in [-0.3, -0.25) is 9.59 Å². The van der Waals surface area contributed by atoms with Gasteiger partial charge in [0.25, 0.3) is 0 Å². The van der Waals surface area contributed by atoms with Gasteiger partial charge < -0.3 is 30.5 Å². The Hall–Kier alpha value is -3.17. The second-order valence-electron chi connectivity index (χ2n) is 7.09. The summed E-state index contributed by atoms with van der Waals surface area (Å²) in [7, 11) is 0. The van der Waals surface area contributed by atoms with Crippen LogP contribution >= 0.6 is 0 Å². The monoisotopic (exact) mass is 419 g/mol. The van der Waals surface area contributed by atoms with Gasteiger partial charge in [0.2, 0.25) is 0 Å². The van der Waals surface area contributed by atoms with E-state index in [1.807, 2.05) is 0 Å². The fourth-order valence-corrected chi connectivity index (χ4v) is 2.77. The molecule has 5 N–H and O–H groups in total. The lowest BCUT2D eigenvalue weighted by molar-refractivity contribution is -0.135. The summed E-state index contributed by atoms with van der Waals surface area (Å²) in [6.07, 6.45) is 1.71. The molecule has 2 rings (SSSR count). The number of aromatic hydroxyl groups is 1. The van der Waals surface area contributed by atoms with Crippen LogP contribution in [0.4, 0.5) is 5.69 Å². The molecule has 1 aliphatic rings. The van der Waals surface area contributed by atoms with E-state index in [4.69, 9.17) is 9.84 Å². The highest BCUT2D eigenvalue weighted by atomic mass is 16.5. The Labute approximate surface area is 173 Å². The van der Waals surface area contributed by atoms with Gasteiger partial charge in [0.15, 0.2) is 5.78 Å². The molecule has 0 bridgehead atoms. The van der Waals surface area contributed by atoms with Crippen molar-refractivity contribution in [1.29, 1.82) is 0 Å². The van der Waals surface area contributed by atoms with Crippen molar-refractivity contribution in [2.75, 3.05) is 11.9 Å². The first-order valence-corrected chi connectivity index (χ1v) is 9.38. The number of phenolic OH excluding ortho intramolecular Hbond substituents is 1. The summed E-state index contributed by atoms with van der Waals surface area (Å²) in [4.78, 5) is 35.5. The number of aliphatic carboxylic acids is 1. The lowest BCUT2D eigenvalue weighted by Crippen LogP contribution is -2.32. The summed E-state index contributed by atoms with van der Waals surface area (Å²) in [6.45, 7) is 2.92. The number of phenols is 1. The fourth-order valence-electron chi connectivity index (χ4n) is 2.77. The molecule has 0 radical (unpaired) electrons. The zero-order valence-corrected chi connectivity index (χ0v) is 16.6. The quantitative estimate of drug-likeness (QED) is 0.457. The number of hydrogen-bond donors (Lipinski definition) is 5. The zero-order valence-electron chi connectivity index (χ0n) is 16.6. The van der Waals surface area contributed by atoms with E-state index in [-0.39, 0.29) is 29.2 Å². The third kappa shape index (κ3) is 5.91. The smallest absolute Gasteiger partial charge is 0.342 e. The minimum absolute atomic E-state index is 0.102. The Morgan fingerprint density at radius 3 is 2.57 bits per heavy atom. The van der Waals surface area contributed by atoms with Gasteiger partial charge in [-0.2, -0.15) is 0 Å². The van der Waals surface area contributed by atoms with E-state index in [2.05, 4.69) is 5.32 Å². The molecular weight excluding hydrogens is 394 g/mol. The molecule has 9 heteroatoms. The number of aliphatic hydroxyl groups excluding tert-OH is 2. The van der Waals surface area contributed by atoms with Gasteiger partial charge in [0.1, 0.15) is 30.1 Å². The number of cyclic esters (lactones) is 1. The Balaban J connectivity index is 2.48. The van der Waals surface area contributed by atoms with Crippen LogP contribution in [-0.4, -0.2) is 63.0 Å². The van der Waals surface area contributed by atoms with Crippen LogP contribution in [0.1, 0.15) is 36.2 Å². The number of fused-ring (bicyclic) bond motifs is 1. The topological polar surface area (TPSA) is 153 Å². The van der Waals surface area contributed by atoms with Gasteiger partial charge in [-0.1, -0.05) is 25.2 Å². The summed E-state index contributed by atoms with van der Waals surface area (Å²) < 4.78 is 5.41. The standard InChI is InChI=1S/C21H25NO8/c1-11-6-7-16(24)20(28)15(23)5-3-4-13-8-14(22-10-18(26)27)9-17(25)19(13)21(29)30-12(11)2/h3-4,6-9,11-12,15,20,22-23,25,28H,5,10H2,1-2H3,(H,26,27)/b4-3+,7-6-/t11-,12?,15+,20+/m1/s1. The van der Waals surface area contributed by atoms with E-state index in [0.29, 0.717) is 0 Å². The van der Waals surface area contributed by atoms with Crippen LogP contribution in [0.15, 0.2) is 30.4 Å². The molecule has 0 saturated heterocycles. The highest BCUT2D eigenvalue weighted by Gasteiger charge is 2.25. The molecule has 162 valence electrons. The van der Waals surface area contributed by atoms with Gasteiger partial charge in [-0.25, -0.2) is 4.79 Å². The number of carbonyl (C=O) groups excluding carboxylic acids is 2. The highest BCUT2D eigenvalue weighted by molar-refractivity contribution is 5.98. The van der Waals surface area contributed by atoms with Crippen molar-refractivity contribution in [3.8, 4) is 5.75 Å². The number of ketones is 1. The number of ether oxygens (including phenoxy) is 1. The van der Waals surface area contributed by atoms with Crippen molar-refractivity contribution in [2.45, 2.75) is 38.6 Å². The maximum atomic E-state index is 12.7. The highest BCUT2D eigenvalue weighted by Crippen LogP contribution is 2.29. The third-order valence-electron chi connectivity index (χ3n) is 4.72. The predicted molar refractivity (Wildman–Crippen MR) is 108 cm³/mol. The van der Waals surface area contributed by atoms with E-state index in [0.717, 1.165) is 6.08 Å². The second kappa shape index (κ2) is 10.0. The Morgan fingerprint density at radius 2 is 1.90 bits per heavy atom. The number of carbonyl (C=O) groups is 3. The molecule has 9 nitrogen and oxygen atoms in total. The number of anilines is 1. The van der Waals surface area contributed by atoms with Crippen LogP contribution in [0.2, 0.25) is 0 Å². The van der Waals surface area contributed by atoms with Crippen LogP contribution in [0.3, 0.4) is 0 Å². The molecule has 0 saturated carbocycles. The SMILES string of the molecule is CC1OC(=O)c2c(O)cc(NCC(=O)O)cc2/C=C/C[C@H](O)[C@H](O)C(=O)/C=C\[C@H]1C. The van der Waals surface area contributed by atoms with Crippen molar-refractivity contribution >= 4 is 29.5 Å². The third-order valence-corrected chi connectivity index (χ3v) is 4.72. The summed E-state index contributed by atoms with van der Waals surface area (Å²) >= 11 is 0. The Bertz CT molecular complexity index is 876. The largest absolute Gasteiger partial charge is 0.507 e. The number of aliphatic hydroxyl groups is 2.